The Kier molecular flexibility index (Phi) is 5.77. The number of fused-ring (bicyclic) bond motifs is 2. The third kappa shape index (κ3) is 3.79. The van der Waals surface area contributed by atoms with E-state index in [2.05, 4.69) is 0 Å². The number of nitro groups is 1. The summed E-state index contributed by atoms with van der Waals surface area (Å²) in [5.41, 5.74) is 0.893. The molecule has 0 N–H and O–H groups in total. The average Bonchev–Trinajstić information content (AvgIpc) is 3.17. The third-order valence-corrected chi connectivity index (χ3v) is 6.14. The summed E-state index contributed by atoms with van der Waals surface area (Å²) in [6, 6.07) is 15.4. The van der Waals surface area contributed by atoms with E-state index >= 15 is 0 Å². The summed E-state index contributed by atoms with van der Waals surface area (Å²) in [5.74, 6) is -1.20. The highest BCUT2D eigenvalue weighted by Gasteiger charge is 2.43. The Morgan fingerprint density at radius 2 is 1.78 bits per heavy atom. The van der Waals surface area contributed by atoms with Crippen LogP contribution in [-0.2, 0) is 4.74 Å². The van der Waals surface area contributed by atoms with E-state index < -0.39 is 28.3 Å². The van der Waals surface area contributed by atoms with Crippen LogP contribution in [-0.4, -0.2) is 23.4 Å². The minimum atomic E-state index is -0.929. The second kappa shape index (κ2) is 8.94. The average molecular weight is 505 g/mol. The molecule has 1 aliphatic heterocycles. The normalized spacial score (nSPS) is 14.7. The third-order valence-electron chi connectivity index (χ3n) is 5.91. The molecule has 9 nitrogen and oxygen atoms in total. The number of benzene rings is 3. The molecule has 1 aliphatic rings. The number of rotatable bonds is 5. The van der Waals surface area contributed by atoms with Crippen molar-refractivity contribution in [3.8, 4) is 0 Å². The Balaban J connectivity index is 1.70. The van der Waals surface area contributed by atoms with Crippen LogP contribution in [0.15, 0.2) is 75.9 Å². The SMILES string of the molecule is CCOC(=O)c1ccc(N2C(=O)c3oc4ccc(Cl)cc4c(=O)c3C2c2ccc([N+](=O)[O-])cc2)cc1. The minimum Gasteiger partial charge on any atom is -0.462 e. The molecule has 180 valence electrons. The van der Waals surface area contributed by atoms with Crippen LogP contribution in [0.5, 0.6) is 0 Å². The molecule has 3 aromatic carbocycles. The molecule has 0 saturated heterocycles. The predicted molar refractivity (Wildman–Crippen MR) is 132 cm³/mol. The maximum Gasteiger partial charge on any atom is 0.338 e. The van der Waals surface area contributed by atoms with Gasteiger partial charge in [0.2, 0.25) is 5.76 Å². The summed E-state index contributed by atoms with van der Waals surface area (Å²) < 4.78 is 10.9. The molecule has 0 saturated carbocycles. The number of carbonyl (C=O) groups excluding carboxylic acids is 2. The molecule has 1 aromatic heterocycles. The van der Waals surface area contributed by atoms with Crippen molar-refractivity contribution in [1.82, 2.24) is 0 Å². The van der Waals surface area contributed by atoms with Crippen molar-refractivity contribution >= 4 is 45.8 Å². The summed E-state index contributed by atoms with van der Waals surface area (Å²) in [6.45, 7) is 1.91. The van der Waals surface area contributed by atoms with Crippen LogP contribution in [0.3, 0.4) is 0 Å². The van der Waals surface area contributed by atoms with E-state index in [0.29, 0.717) is 21.8 Å². The van der Waals surface area contributed by atoms with Gasteiger partial charge in [0.15, 0.2) is 5.43 Å². The van der Waals surface area contributed by atoms with Gasteiger partial charge in [0.05, 0.1) is 34.1 Å². The fraction of sp³-hybridized carbons (Fsp3) is 0.115. The van der Waals surface area contributed by atoms with Gasteiger partial charge >= 0.3 is 5.97 Å². The molecule has 4 aromatic rings. The van der Waals surface area contributed by atoms with E-state index in [9.17, 15) is 24.5 Å². The molecule has 10 heteroatoms. The first kappa shape index (κ1) is 23.3. The number of nitro benzene ring substituents is 1. The van der Waals surface area contributed by atoms with Gasteiger partial charge in [-0.25, -0.2) is 4.79 Å². The minimum absolute atomic E-state index is 0.0955. The van der Waals surface area contributed by atoms with Crippen LogP contribution in [0, 0.1) is 10.1 Å². The second-order valence-electron chi connectivity index (χ2n) is 8.01. The van der Waals surface area contributed by atoms with E-state index in [-0.39, 0.29) is 34.6 Å². The van der Waals surface area contributed by atoms with Gasteiger partial charge in [0.25, 0.3) is 11.6 Å². The number of hydrogen-bond acceptors (Lipinski definition) is 7. The maximum absolute atomic E-state index is 13.6. The Labute approximate surface area is 208 Å². The second-order valence-corrected chi connectivity index (χ2v) is 8.44. The molecule has 2 heterocycles. The fourth-order valence-electron chi connectivity index (χ4n) is 4.28. The van der Waals surface area contributed by atoms with Crippen LogP contribution < -0.4 is 10.3 Å². The van der Waals surface area contributed by atoms with Gasteiger partial charge in [-0.1, -0.05) is 11.6 Å². The lowest BCUT2D eigenvalue weighted by Gasteiger charge is -2.25. The van der Waals surface area contributed by atoms with Crippen LogP contribution in [0.4, 0.5) is 11.4 Å². The van der Waals surface area contributed by atoms with Gasteiger partial charge in [-0.2, -0.15) is 0 Å². The van der Waals surface area contributed by atoms with Gasteiger partial charge in [-0.15, -0.1) is 0 Å². The number of esters is 1. The van der Waals surface area contributed by atoms with Gasteiger partial charge in [-0.3, -0.25) is 24.6 Å². The molecule has 0 aliphatic carbocycles. The first-order valence-corrected chi connectivity index (χ1v) is 11.3. The zero-order chi connectivity index (χ0) is 25.6. The van der Waals surface area contributed by atoms with Crippen molar-refractivity contribution < 1.29 is 23.7 Å². The molecule has 0 bridgehead atoms. The molecule has 1 unspecified atom stereocenters. The Morgan fingerprint density at radius 1 is 1.08 bits per heavy atom. The number of carbonyl (C=O) groups is 2. The monoisotopic (exact) mass is 504 g/mol. The largest absolute Gasteiger partial charge is 0.462 e. The maximum atomic E-state index is 13.6. The van der Waals surface area contributed by atoms with E-state index in [1.54, 1.807) is 25.1 Å². The van der Waals surface area contributed by atoms with Crippen molar-refractivity contribution in [1.29, 1.82) is 0 Å². The van der Waals surface area contributed by atoms with Crippen LogP contribution >= 0.6 is 11.6 Å². The van der Waals surface area contributed by atoms with Crippen molar-refractivity contribution in [2.24, 2.45) is 0 Å². The summed E-state index contributed by atoms with van der Waals surface area (Å²) in [7, 11) is 0. The van der Waals surface area contributed by atoms with E-state index in [1.165, 1.54) is 53.4 Å². The molecular formula is C26H17ClN2O7. The first-order valence-electron chi connectivity index (χ1n) is 10.9. The summed E-state index contributed by atoms with van der Waals surface area (Å²) in [6.07, 6.45) is 0. The lowest BCUT2D eigenvalue weighted by atomic mass is 9.98. The zero-order valence-electron chi connectivity index (χ0n) is 18.8. The quantitative estimate of drug-likeness (QED) is 0.206. The van der Waals surface area contributed by atoms with Gasteiger partial charge in [-0.05, 0) is 67.1 Å². The molecule has 0 radical (unpaired) electrons. The summed E-state index contributed by atoms with van der Waals surface area (Å²) in [5, 5.41) is 11.7. The number of non-ortho nitro benzene ring substituents is 1. The number of amides is 1. The van der Waals surface area contributed by atoms with Crippen LogP contribution in [0.25, 0.3) is 11.0 Å². The van der Waals surface area contributed by atoms with Gasteiger partial charge in [0, 0.05) is 22.8 Å². The smallest absolute Gasteiger partial charge is 0.338 e. The molecule has 0 spiro atoms. The van der Waals surface area contributed by atoms with Gasteiger partial charge < -0.3 is 9.15 Å². The molecule has 36 heavy (non-hydrogen) atoms. The van der Waals surface area contributed by atoms with Crippen molar-refractivity contribution in [2.75, 3.05) is 11.5 Å². The number of halogens is 1. The lowest BCUT2D eigenvalue weighted by Crippen LogP contribution is -2.29. The highest BCUT2D eigenvalue weighted by molar-refractivity contribution is 6.31. The highest BCUT2D eigenvalue weighted by atomic mass is 35.5. The van der Waals surface area contributed by atoms with Gasteiger partial charge in [0.1, 0.15) is 5.58 Å². The number of hydrogen-bond donors (Lipinski definition) is 0. The van der Waals surface area contributed by atoms with Crippen molar-refractivity contribution in [3.05, 3.63) is 115 Å². The predicted octanol–water partition coefficient (Wildman–Crippen LogP) is 5.28. The molecule has 0 fully saturated rings. The van der Waals surface area contributed by atoms with Crippen LogP contribution in [0.1, 0.15) is 45.0 Å². The summed E-state index contributed by atoms with van der Waals surface area (Å²) in [4.78, 5) is 51.3. The molecule has 5 rings (SSSR count). The standard InChI is InChI=1S/C26H17ClN2O7/c1-2-35-26(32)15-5-8-17(9-6-15)28-22(14-3-10-18(11-4-14)29(33)34)21-23(30)19-13-16(27)7-12-20(19)36-24(21)25(28)31/h3-13,22H,2H2,1H3. The van der Waals surface area contributed by atoms with E-state index in [0.717, 1.165) is 0 Å². The Bertz CT molecular complexity index is 1590. The Hall–Kier alpha value is -4.50. The molecular weight excluding hydrogens is 488 g/mol. The first-order chi connectivity index (χ1) is 17.3. The summed E-state index contributed by atoms with van der Waals surface area (Å²) >= 11 is 6.10. The topological polar surface area (TPSA) is 120 Å². The number of ether oxygens (including phenoxy) is 1. The number of anilines is 1. The van der Waals surface area contributed by atoms with Crippen molar-refractivity contribution in [2.45, 2.75) is 13.0 Å². The zero-order valence-corrected chi connectivity index (χ0v) is 19.5. The molecule has 1 atom stereocenters. The highest BCUT2D eigenvalue weighted by Crippen LogP contribution is 2.41. The van der Waals surface area contributed by atoms with E-state index in [1.807, 2.05) is 0 Å². The Morgan fingerprint density at radius 3 is 2.42 bits per heavy atom. The van der Waals surface area contributed by atoms with Crippen LogP contribution in [0.2, 0.25) is 5.02 Å². The lowest BCUT2D eigenvalue weighted by molar-refractivity contribution is -0.384. The van der Waals surface area contributed by atoms with E-state index in [4.69, 9.17) is 20.8 Å². The fourth-order valence-corrected chi connectivity index (χ4v) is 4.45. The molecule has 1 amide bonds. The van der Waals surface area contributed by atoms with Crippen molar-refractivity contribution in [3.63, 3.8) is 0 Å². The number of nitrogens with zero attached hydrogens (tertiary/aromatic N) is 2.